The highest BCUT2D eigenvalue weighted by Gasteiger charge is 2.51. The van der Waals surface area contributed by atoms with E-state index in [1.807, 2.05) is 0 Å². The standard InChI is InChI=1S/C9H16N2O3/c1-9(2,7(10)12)11(8(13)14)5-3-4-6-11/h3-6H2,1-2H3,(H2-,10,12,13,14). The molecule has 0 aromatic heterocycles. The van der Waals surface area contributed by atoms with E-state index < -0.39 is 17.5 Å². The molecule has 0 unspecified atom stereocenters. The minimum atomic E-state index is -1.20. The number of nitrogens with zero attached hydrogens (tertiary/aromatic N) is 1. The number of carboxylic acid groups (broad SMARTS) is 1. The van der Waals surface area contributed by atoms with Crippen molar-refractivity contribution in [3.05, 3.63) is 0 Å². The smallest absolute Gasteiger partial charge is 0.278 e. The van der Waals surface area contributed by atoms with Crippen LogP contribution in [0.15, 0.2) is 0 Å². The lowest BCUT2D eigenvalue weighted by Crippen LogP contribution is -2.71. The molecule has 1 aliphatic heterocycles. The summed E-state index contributed by atoms with van der Waals surface area (Å²) in [4.78, 5) is 22.4. The third-order valence-corrected chi connectivity index (χ3v) is 3.35. The molecule has 0 aliphatic carbocycles. The van der Waals surface area contributed by atoms with Gasteiger partial charge in [-0.2, -0.15) is 0 Å². The molecule has 0 bridgehead atoms. The maximum absolute atomic E-state index is 11.2. The van der Waals surface area contributed by atoms with E-state index in [0.29, 0.717) is 13.1 Å². The minimum absolute atomic E-state index is 0.331. The van der Waals surface area contributed by atoms with E-state index in [2.05, 4.69) is 0 Å². The van der Waals surface area contributed by atoms with Crippen molar-refractivity contribution in [2.24, 2.45) is 5.73 Å². The third-order valence-electron chi connectivity index (χ3n) is 3.35. The van der Waals surface area contributed by atoms with Gasteiger partial charge in [0.25, 0.3) is 12.0 Å². The van der Waals surface area contributed by atoms with Gasteiger partial charge in [0.15, 0.2) is 5.54 Å². The van der Waals surface area contributed by atoms with Gasteiger partial charge in [-0.1, -0.05) is 0 Å². The minimum Gasteiger partial charge on any atom is -0.498 e. The van der Waals surface area contributed by atoms with Crippen LogP contribution in [0, 0.1) is 0 Å². The topological polar surface area (TPSA) is 83.2 Å². The fourth-order valence-electron chi connectivity index (χ4n) is 2.06. The maximum Gasteiger partial charge on any atom is 0.278 e. The van der Waals surface area contributed by atoms with Crippen molar-refractivity contribution in [3.8, 4) is 0 Å². The fraction of sp³-hybridized carbons (Fsp3) is 0.778. The zero-order valence-electron chi connectivity index (χ0n) is 8.58. The van der Waals surface area contributed by atoms with Crippen LogP contribution in [0.5, 0.6) is 0 Å². The SMILES string of the molecule is CC(C)(C(N)=O)[N+]1(C(=O)[O-])CCCC1. The van der Waals surface area contributed by atoms with Gasteiger partial charge in [0.2, 0.25) is 0 Å². The molecule has 0 radical (unpaired) electrons. The van der Waals surface area contributed by atoms with Crippen LogP contribution < -0.4 is 10.8 Å². The summed E-state index contributed by atoms with van der Waals surface area (Å²) in [6.45, 7) is 3.99. The first-order valence-corrected chi connectivity index (χ1v) is 4.73. The number of quaternary nitrogens is 1. The largest absolute Gasteiger partial charge is 0.498 e. The summed E-state index contributed by atoms with van der Waals surface area (Å²) in [5.74, 6) is -0.594. The van der Waals surface area contributed by atoms with Crippen molar-refractivity contribution in [3.63, 3.8) is 0 Å². The predicted octanol–water partition coefficient (Wildman–Crippen LogP) is -0.796. The van der Waals surface area contributed by atoms with Gasteiger partial charge in [-0.05, 0) is 0 Å². The lowest BCUT2D eigenvalue weighted by atomic mass is 9.99. The van der Waals surface area contributed by atoms with Crippen LogP contribution in [0.1, 0.15) is 26.7 Å². The van der Waals surface area contributed by atoms with Crippen molar-refractivity contribution in [1.29, 1.82) is 0 Å². The number of likely N-dealkylation sites (tertiary alicyclic amines) is 1. The number of hydrogen-bond acceptors (Lipinski definition) is 3. The second-order valence-corrected chi connectivity index (χ2v) is 4.31. The summed E-state index contributed by atoms with van der Waals surface area (Å²) in [6, 6.07) is 0. The van der Waals surface area contributed by atoms with E-state index in [9.17, 15) is 14.7 Å². The Morgan fingerprint density at radius 1 is 1.29 bits per heavy atom. The van der Waals surface area contributed by atoms with Gasteiger partial charge in [-0.15, -0.1) is 0 Å². The molecule has 1 heterocycles. The number of rotatable bonds is 2. The Balaban J connectivity index is 3.11. The molecule has 0 aromatic carbocycles. The van der Waals surface area contributed by atoms with Crippen LogP contribution in [0.25, 0.3) is 0 Å². The molecular formula is C9H16N2O3. The number of carbonyl (C=O) groups is 2. The number of nitrogens with two attached hydrogens (primary N) is 1. The van der Waals surface area contributed by atoms with E-state index in [4.69, 9.17) is 5.73 Å². The van der Waals surface area contributed by atoms with E-state index in [-0.39, 0.29) is 4.48 Å². The zero-order chi connectivity index (χ0) is 11.0. The first-order chi connectivity index (χ1) is 6.34. The Labute approximate surface area is 83.1 Å². The fourth-order valence-corrected chi connectivity index (χ4v) is 2.06. The highest BCUT2D eigenvalue weighted by molar-refractivity contribution is 5.84. The van der Waals surface area contributed by atoms with Gasteiger partial charge in [-0.3, -0.25) is 9.28 Å². The van der Waals surface area contributed by atoms with E-state index in [1.54, 1.807) is 13.8 Å². The van der Waals surface area contributed by atoms with Crippen LogP contribution in [-0.2, 0) is 4.79 Å². The lowest BCUT2D eigenvalue weighted by Gasteiger charge is -2.44. The van der Waals surface area contributed by atoms with Gasteiger partial charge in [0.05, 0.1) is 13.1 Å². The van der Waals surface area contributed by atoms with Crippen LogP contribution in [0.3, 0.4) is 0 Å². The molecule has 2 N–H and O–H groups in total. The number of hydrogen-bond donors (Lipinski definition) is 1. The van der Waals surface area contributed by atoms with Crippen molar-refractivity contribution >= 4 is 12.0 Å². The molecule has 1 aliphatic rings. The Bertz CT molecular complexity index is 267. The van der Waals surface area contributed by atoms with Crippen molar-refractivity contribution in [1.82, 2.24) is 0 Å². The molecule has 14 heavy (non-hydrogen) atoms. The summed E-state index contributed by atoms with van der Waals surface area (Å²) in [5.41, 5.74) is 4.14. The van der Waals surface area contributed by atoms with Gasteiger partial charge in [0.1, 0.15) is 0 Å². The predicted molar refractivity (Wildman–Crippen MR) is 47.9 cm³/mol. The normalized spacial score (nSPS) is 20.7. The van der Waals surface area contributed by atoms with Gasteiger partial charge < -0.3 is 15.6 Å². The average molecular weight is 200 g/mol. The summed E-state index contributed by atoms with van der Waals surface area (Å²) in [5, 5.41) is 11.1. The van der Waals surface area contributed by atoms with Gasteiger partial charge in [-0.25, -0.2) is 0 Å². The van der Waals surface area contributed by atoms with Crippen molar-refractivity contribution < 1.29 is 19.2 Å². The molecule has 1 saturated heterocycles. The van der Waals surface area contributed by atoms with Crippen molar-refractivity contribution in [2.45, 2.75) is 32.2 Å². The molecule has 0 atom stereocenters. The highest BCUT2D eigenvalue weighted by atomic mass is 16.4. The van der Waals surface area contributed by atoms with Crippen LogP contribution in [0.4, 0.5) is 4.79 Å². The van der Waals surface area contributed by atoms with Gasteiger partial charge >= 0.3 is 0 Å². The summed E-state index contributed by atoms with van der Waals surface area (Å²) in [6.07, 6.45) is 0.390. The van der Waals surface area contributed by atoms with Crippen LogP contribution in [0.2, 0.25) is 0 Å². The molecule has 80 valence electrons. The monoisotopic (exact) mass is 200 g/mol. The molecule has 2 amide bonds. The zero-order valence-corrected chi connectivity index (χ0v) is 8.58. The van der Waals surface area contributed by atoms with Crippen LogP contribution >= 0.6 is 0 Å². The molecule has 5 nitrogen and oxygen atoms in total. The lowest BCUT2D eigenvalue weighted by molar-refractivity contribution is -0.900. The summed E-state index contributed by atoms with van der Waals surface area (Å²) < 4.78 is -0.331. The molecule has 1 fully saturated rings. The molecule has 5 heteroatoms. The quantitative estimate of drug-likeness (QED) is 0.592. The highest BCUT2D eigenvalue weighted by Crippen LogP contribution is 2.30. The van der Waals surface area contributed by atoms with Crippen LogP contribution in [-0.4, -0.2) is 35.1 Å². The summed E-state index contributed by atoms with van der Waals surface area (Å²) >= 11 is 0. The number of amides is 2. The number of primary amides is 1. The van der Waals surface area contributed by atoms with E-state index in [1.165, 1.54) is 0 Å². The Morgan fingerprint density at radius 3 is 2.00 bits per heavy atom. The molecule has 0 aromatic rings. The van der Waals surface area contributed by atoms with Crippen molar-refractivity contribution in [2.75, 3.05) is 13.1 Å². The first kappa shape index (κ1) is 11.0. The second kappa shape index (κ2) is 3.24. The molecular weight excluding hydrogens is 184 g/mol. The number of carbonyl (C=O) groups excluding carboxylic acids is 2. The molecule has 1 rings (SSSR count). The second-order valence-electron chi connectivity index (χ2n) is 4.31. The Morgan fingerprint density at radius 2 is 1.71 bits per heavy atom. The maximum atomic E-state index is 11.2. The molecule has 0 saturated carbocycles. The van der Waals surface area contributed by atoms with Gasteiger partial charge in [0, 0.05) is 26.7 Å². The van der Waals surface area contributed by atoms with E-state index in [0.717, 1.165) is 12.8 Å². The third kappa shape index (κ3) is 1.28. The summed E-state index contributed by atoms with van der Waals surface area (Å²) in [7, 11) is 0. The Kier molecular flexibility index (Phi) is 2.54. The first-order valence-electron chi connectivity index (χ1n) is 4.73. The Hall–Kier alpha value is -1.10. The molecule has 0 spiro atoms. The average Bonchev–Trinajstić information content (AvgIpc) is 2.52. The van der Waals surface area contributed by atoms with E-state index >= 15 is 0 Å².